The summed E-state index contributed by atoms with van der Waals surface area (Å²) < 4.78 is 6.09. The summed E-state index contributed by atoms with van der Waals surface area (Å²) in [6.45, 7) is 2.51. The van der Waals surface area contributed by atoms with E-state index >= 15 is 0 Å². The van der Waals surface area contributed by atoms with Gasteiger partial charge in [0.25, 0.3) is 0 Å². The van der Waals surface area contributed by atoms with Crippen LogP contribution in [0.15, 0.2) is 33.5 Å². The van der Waals surface area contributed by atoms with Crippen molar-refractivity contribution in [1.82, 2.24) is 9.97 Å². The first-order chi connectivity index (χ1) is 7.25. The molecule has 0 spiro atoms. The molecule has 0 amide bonds. The Bertz CT molecular complexity index is 442. The molecule has 4 nitrogen and oxygen atoms in total. The van der Waals surface area contributed by atoms with E-state index in [1.165, 1.54) is 0 Å². The number of aryl methyl sites for hydroxylation is 1. The minimum Gasteiger partial charge on any atom is -0.467 e. The molecule has 1 N–H and O–H groups in total. The van der Waals surface area contributed by atoms with E-state index < -0.39 is 0 Å². The number of hydrogen-bond donors (Lipinski definition) is 1. The number of hydrogen-bond acceptors (Lipinski definition) is 4. The Morgan fingerprint density at radius 2 is 2.40 bits per heavy atom. The standard InChI is InChI=1S/C10H10BrN3O/c1-7-9(11)6-13-10(14-7)12-5-8-3-2-4-15-8/h2-4,6H,5H2,1H3,(H,12,13,14). The van der Waals surface area contributed by atoms with Gasteiger partial charge in [-0.25, -0.2) is 9.97 Å². The van der Waals surface area contributed by atoms with Gasteiger partial charge in [-0.05, 0) is 35.0 Å². The van der Waals surface area contributed by atoms with Crippen molar-refractivity contribution >= 4 is 21.9 Å². The summed E-state index contributed by atoms with van der Waals surface area (Å²) in [5.41, 5.74) is 0.909. The van der Waals surface area contributed by atoms with Crippen molar-refractivity contribution in [3.63, 3.8) is 0 Å². The summed E-state index contributed by atoms with van der Waals surface area (Å²) >= 11 is 3.35. The molecule has 2 aromatic heterocycles. The normalized spacial score (nSPS) is 10.3. The van der Waals surface area contributed by atoms with Crippen LogP contribution < -0.4 is 5.32 Å². The Labute approximate surface area is 95.9 Å². The van der Waals surface area contributed by atoms with Crippen LogP contribution in [-0.4, -0.2) is 9.97 Å². The average Bonchev–Trinajstić information content (AvgIpc) is 2.73. The molecule has 0 fully saturated rings. The summed E-state index contributed by atoms with van der Waals surface area (Å²) in [7, 11) is 0. The number of halogens is 1. The predicted molar refractivity (Wildman–Crippen MR) is 60.5 cm³/mol. The molecule has 2 heterocycles. The molecule has 2 aromatic rings. The van der Waals surface area contributed by atoms with Gasteiger partial charge in [0.1, 0.15) is 5.76 Å². The van der Waals surface area contributed by atoms with Crippen molar-refractivity contribution in [2.24, 2.45) is 0 Å². The first kappa shape index (κ1) is 10.2. The molecule has 0 aliphatic heterocycles. The van der Waals surface area contributed by atoms with Crippen molar-refractivity contribution < 1.29 is 4.42 Å². The highest BCUT2D eigenvalue weighted by Crippen LogP contribution is 2.13. The molecular formula is C10H10BrN3O. The van der Waals surface area contributed by atoms with Crippen LogP contribution in [0.25, 0.3) is 0 Å². The molecule has 0 unspecified atom stereocenters. The minimum atomic E-state index is 0.591. The lowest BCUT2D eigenvalue weighted by Crippen LogP contribution is -2.03. The lowest BCUT2D eigenvalue weighted by molar-refractivity contribution is 0.517. The summed E-state index contributed by atoms with van der Waals surface area (Å²) in [6.07, 6.45) is 3.37. The fraction of sp³-hybridized carbons (Fsp3) is 0.200. The zero-order valence-electron chi connectivity index (χ0n) is 8.20. The van der Waals surface area contributed by atoms with Crippen LogP contribution in [0, 0.1) is 6.92 Å². The molecule has 15 heavy (non-hydrogen) atoms. The predicted octanol–water partition coefficient (Wildman–Crippen LogP) is 2.75. The molecule has 0 aromatic carbocycles. The van der Waals surface area contributed by atoms with Crippen LogP contribution in [0.1, 0.15) is 11.5 Å². The van der Waals surface area contributed by atoms with Crippen LogP contribution in [-0.2, 0) is 6.54 Å². The Morgan fingerprint density at radius 3 is 3.07 bits per heavy atom. The van der Waals surface area contributed by atoms with Gasteiger partial charge in [-0.3, -0.25) is 0 Å². The second-order valence-electron chi connectivity index (χ2n) is 3.06. The van der Waals surface area contributed by atoms with E-state index in [2.05, 4.69) is 31.2 Å². The van der Waals surface area contributed by atoms with Crippen LogP contribution in [0.3, 0.4) is 0 Å². The molecule has 0 aliphatic rings. The first-order valence-electron chi connectivity index (χ1n) is 4.51. The van der Waals surface area contributed by atoms with E-state index in [1.807, 2.05) is 19.1 Å². The number of aromatic nitrogens is 2. The highest BCUT2D eigenvalue weighted by atomic mass is 79.9. The maximum atomic E-state index is 5.18. The largest absolute Gasteiger partial charge is 0.467 e. The topological polar surface area (TPSA) is 51.0 Å². The molecule has 0 radical (unpaired) electrons. The van der Waals surface area contributed by atoms with Crippen LogP contribution in [0.5, 0.6) is 0 Å². The highest BCUT2D eigenvalue weighted by molar-refractivity contribution is 9.10. The molecule has 0 saturated heterocycles. The number of nitrogens with zero attached hydrogens (tertiary/aromatic N) is 2. The molecule has 78 valence electrons. The van der Waals surface area contributed by atoms with E-state index in [0.717, 1.165) is 15.9 Å². The zero-order chi connectivity index (χ0) is 10.7. The van der Waals surface area contributed by atoms with Crippen molar-refractivity contribution in [3.05, 3.63) is 40.5 Å². The second kappa shape index (κ2) is 4.44. The molecule has 0 aliphatic carbocycles. The third-order valence-electron chi connectivity index (χ3n) is 1.92. The lowest BCUT2D eigenvalue weighted by Gasteiger charge is -2.03. The Morgan fingerprint density at radius 1 is 1.53 bits per heavy atom. The van der Waals surface area contributed by atoms with E-state index in [-0.39, 0.29) is 0 Å². The number of furan rings is 1. The summed E-state index contributed by atoms with van der Waals surface area (Å²) in [4.78, 5) is 8.39. The third-order valence-corrected chi connectivity index (χ3v) is 2.70. The molecule has 0 bridgehead atoms. The quantitative estimate of drug-likeness (QED) is 0.929. The maximum Gasteiger partial charge on any atom is 0.223 e. The van der Waals surface area contributed by atoms with Gasteiger partial charge in [-0.15, -0.1) is 0 Å². The van der Waals surface area contributed by atoms with Gasteiger partial charge in [0, 0.05) is 6.20 Å². The Balaban J connectivity index is 2.02. The van der Waals surface area contributed by atoms with Gasteiger partial charge in [0.05, 0.1) is 23.0 Å². The van der Waals surface area contributed by atoms with Gasteiger partial charge in [0.15, 0.2) is 0 Å². The smallest absolute Gasteiger partial charge is 0.223 e. The van der Waals surface area contributed by atoms with E-state index in [9.17, 15) is 0 Å². The van der Waals surface area contributed by atoms with Crippen LogP contribution >= 0.6 is 15.9 Å². The number of rotatable bonds is 3. The molecular weight excluding hydrogens is 258 g/mol. The third kappa shape index (κ3) is 2.56. The second-order valence-corrected chi connectivity index (χ2v) is 3.91. The average molecular weight is 268 g/mol. The van der Waals surface area contributed by atoms with Crippen molar-refractivity contribution in [2.75, 3.05) is 5.32 Å². The lowest BCUT2D eigenvalue weighted by atomic mass is 10.4. The molecule has 0 atom stereocenters. The van der Waals surface area contributed by atoms with E-state index in [1.54, 1.807) is 12.5 Å². The van der Waals surface area contributed by atoms with Crippen molar-refractivity contribution in [2.45, 2.75) is 13.5 Å². The van der Waals surface area contributed by atoms with Gasteiger partial charge < -0.3 is 9.73 Å². The van der Waals surface area contributed by atoms with Crippen molar-refractivity contribution in [3.8, 4) is 0 Å². The summed E-state index contributed by atoms with van der Waals surface area (Å²) in [5.74, 6) is 1.46. The van der Waals surface area contributed by atoms with Gasteiger partial charge in [0.2, 0.25) is 5.95 Å². The van der Waals surface area contributed by atoms with E-state index in [4.69, 9.17) is 4.42 Å². The molecule has 2 rings (SSSR count). The van der Waals surface area contributed by atoms with Crippen LogP contribution in [0.2, 0.25) is 0 Å². The van der Waals surface area contributed by atoms with Crippen LogP contribution in [0.4, 0.5) is 5.95 Å². The zero-order valence-corrected chi connectivity index (χ0v) is 9.78. The SMILES string of the molecule is Cc1nc(NCc2ccco2)ncc1Br. The van der Waals surface area contributed by atoms with E-state index in [0.29, 0.717) is 12.5 Å². The minimum absolute atomic E-state index is 0.591. The fourth-order valence-electron chi connectivity index (χ4n) is 1.12. The highest BCUT2D eigenvalue weighted by Gasteiger charge is 2.01. The van der Waals surface area contributed by atoms with Crippen molar-refractivity contribution in [1.29, 1.82) is 0 Å². The summed E-state index contributed by atoms with van der Waals surface area (Å²) in [5, 5.41) is 3.08. The maximum absolute atomic E-state index is 5.18. The summed E-state index contributed by atoms with van der Waals surface area (Å²) in [6, 6.07) is 3.75. The first-order valence-corrected chi connectivity index (χ1v) is 5.30. The van der Waals surface area contributed by atoms with Gasteiger partial charge in [-0.1, -0.05) is 0 Å². The monoisotopic (exact) mass is 267 g/mol. The fourth-order valence-corrected chi connectivity index (χ4v) is 1.31. The Kier molecular flexibility index (Phi) is 3.01. The van der Waals surface area contributed by atoms with Gasteiger partial charge >= 0.3 is 0 Å². The molecule has 5 heteroatoms. The van der Waals surface area contributed by atoms with Gasteiger partial charge in [-0.2, -0.15) is 0 Å². The number of anilines is 1. The molecule has 0 saturated carbocycles. The Hall–Kier alpha value is -1.36. The number of nitrogens with one attached hydrogen (secondary N) is 1.